The molecule has 0 saturated carbocycles. The number of benzene rings is 3. The first-order valence-electron chi connectivity index (χ1n) is 9.53. The van der Waals surface area contributed by atoms with E-state index in [4.69, 9.17) is 34.8 Å². The van der Waals surface area contributed by atoms with Crippen molar-refractivity contribution in [2.45, 2.75) is 11.7 Å². The number of carbonyl (C=O) groups excluding carboxylic acids is 1. The van der Waals surface area contributed by atoms with Gasteiger partial charge in [-0.05, 0) is 48.0 Å². The largest absolute Gasteiger partial charge is 0.351 e. The molecule has 5 nitrogen and oxygen atoms in total. The van der Waals surface area contributed by atoms with Gasteiger partial charge in [-0.25, -0.2) is 4.98 Å². The molecule has 0 radical (unpaired) electrons. The number of carbonyl (C=O) groups is 1. The minimum Gasteiger partial charge on any atom is -0.351 e. The van der Waals surface area contributed by atoms with Crippen LogP contribution in [-0.2, 0) is 11.3 Å². The third-order valence-corrected chi connectivity index (χ3v) is 6.40. The molecule has 1 amide bonds. The summed E-state index contributed by atoms with van der Waals surface area (Å²) in [5, 5.41) is 5.22. The van der Waals surface area contributed by atoms with E-state index in [9.17, 15) is 9.59 Å². The first-order valence-corrected chi connectivity index (χ1v) is 11.7. The highest BCUT2D eigenvalue weighted by Crippen LogP contribution is 2.23. The molecule has 162 valence electrons. The summed E-state index contributed by atoms with van der Waals surface area (Å²) < 4.78 is 1.47. The first kappa shape index (κ1) is 22.7. The lowest BCUT2D eigenvalue weighted by Crippen LogP contribution is -2.26. The quantitative estimate of drug-likeness (QED) is 0.268. The molecular formula is C23H16Cl3N3O2S. The molecule has 0 spiro atoms. The summed E-state index contributed by atoms with van der Waals surface area (Å²) in [4.78, 5) is 30.3. The molecule has 1 heterocycles. The average molecular weight is 505 g/mol. The van der Waals surface area contributed by atoms with Crippen LogP contribution in [0.1, 0.15) is 5.56 Å². The fourth-order valence-electron chi connectivity index (χ4n) is 3.09. The van der Waals surface area contributed by atoms with Crippen LogP contribution < -0.4 is 10.9 Å². The van der Waals surface area contributed by atoms with Gasteiger partial charge in [-0.2, -0.15) is 0 Å². The Bertz CT molecular complexity index is 1370. The third-order valence-electron chi connectivity index (χ3n) is 4.63. The number of nitrogens with one attached hydrogen (secondary N) is 1. The van der Waals surface area contributed by atoms with Gasteiger partial charge in [-0.15, -0.1) is 0 Å². The second-order valence-electron chi connectivity index (χ2n) is 6.83. The average Bonchev–Trinajstić information content (AvgIpc) is 2.77. The van der Waals surface area contributed by atoms with Crippen LogP contribution in [0.2, 0.25) is 15.1 Å². The molecule has 0 fully saturated rings. The van der Waals surface area contributed by atoms with Gasteiger partial charge in [-0.3, -0.25) is 14.2 Å². The standard InChI is InChI=1S/C23H16Cl3N3O2S/c24-15-4-3-5-17(10-15)29-22(31)18-6-1-2-7-20(18)28-23(29)32-13-21(30)27-12-14-8-9-16(25)11-19(14)26/h1-11H,12-13H2,(H,27,30). The summed E-state index contributed by atoms with van der Waals surface area (Å²) in [5.41, 5.74) is 1.67. The van der Waals surface area contributed by atoms with Crippen LogP contribution in [0.5, 0.6) is 0 Å². The number of amides is 1. The molecule has 32 heavy (non-hydrogen) atoms. The zero-order valence-corrected chi connectivity index (χ0v) is 19.6. The zero-order valence-electron chi connectivity index (χ0n) is 16.5. The molecule has 0 bridgehead atoms. The smallest absolute Gasteiger partial charge is 0.266 e. The lowest BCUT2D eigenvalue weighted by Gasteiger charge is -2.13. The molecule has 3 aromatic carbocycles. The summed E-state index contributed by atoms with van der Waals surface area (Å²) in [6, 6.07) is 19.2. The highest BCUT2D eigenvalue weighted by Gasteiger charge is 2.15. The van der Waals surface area contributed by atoms with Gasteiger partial charge in [-0.1, -0.05) is 70.8 Å². The molecule has 0 atom stereocenters. The number of halogens is 3. The number of rotatable bonds is 6. The molecule has 1 N–H and O–H groups in total. The van der Waals surface area contributed by atoms with E-state index in [2.05, 4.69) is 10.3 Å². The number of hydrogen-bond donors (Lipinski definition) is 1. The monoisotopic (exact) mass is 503 g/mol. The molecule has 0 aliphatic rings. The van der Waals surface area contributed by atoms with E-state index < -0.39 is 0 Å². The van der Waals surface area contributed by atoms with Gasteiger partial charge in [0.1, 0.15) is 0 Å². The van der Waals surface area contributed by atoms with E-state index in [1.165, 1.54) is 16.3 Å². The maximum atomic E-state index is 13.2. The van der Waals surface area contributed by atoms with E-state index in [-0.39, 0.29) is 23.8 Å². The predicted molar refractivity (Wildman–Crippen MR) is 131 cm³/mol. The van der Waals surface area contributed by atoms with Crippen molar-refractivity contribution < 1.29 is 4.79 Å². The predicted octanol–water partition coefficient (Wildman–Crippen LogP) is 5.75. The third kappa shape index (κ3) is 5.10. The van der Waals surface area contributed by atoms with Gasteiger partial charge in [0.2, 0.25) is 5.91 Å². The lowest BCUT2D eigenvalue weighted by molar-refractivity contribution is -0.118. The van der Waals surface area contributed by atoms with Crippen molar-refractivity contribution >= 4 is 63.4 Å². The Morgan fingerprint density at radius 1 is 0.969 bits per heavy atom. The van der Waals surface area contributed by atoms with E-state index in [1.54, 1.807) is 60.7 Å². The van der Waals surface area contributed by atoms with Crippen molar-refractivity contribution in [3.8, 4) is 5.69 Å². The molecule has 4 aromatic rings. The maximum absolute atomic E-state index is 13.2. The molecular weight excluding hydrogens is 489 g/mol. The maximum Gasteiger partial charge on any atom is 0.266 e. The van der Waals surface area contributed by atoms with Gasteiger partial charge >= 0.3 is 0 Å². The van der Waals surface area contributed by atoms with E-state index >= 15 is 0 Å². The Balaban J connectivity index is 1.58. The van der Waals surface area contributed by atoms with Crippen molar-refractivity contribution in [1.82, 2.24) is 14.9 Å². The van der Waals surface area contributed by atoms with Gasteiger partial charge < -0.3 is 5.32 Å². The van der Waals surface area contributed by atoms with E-state index in [1.807, 2.05) is 6.07 Å². The van der Waals surface area contributed by atoms with Gasteiger partial charge in [0.05, 0.1) is 22.3 Å². The minimum atomic E-state index is -0.228. The summed E-state index contributed by atoms with van der Waals surface area (Å²) in [6.07, 6.45) is 0. The molecule has 0 aliphatic heterocycles. The van der Waals surface area contributed by atoms with Crippen LogP contribution >= 0.6 is 46.6 Å². The Hall–Kier alpha value is -2.51. The number of nitrogens with zero attached hydrogens (tertiary/aromatic N) is 2. The molecule has 9 heteroatoms. The highest BCUT2D eigenvalue weighted by molar-refractivity contribution is 7.99. The normalized spacial score (nSPS) is 11.0. The molecule has 0 saturated heterocycles. The molecule has 0 unspecified atom stereocenters. The Morgan fingerprint density at radius 2 is 1.75 bits per heavy atom. The summed E-state index contributed by atoms with van der Waals surface area (Å²) >= 11 is 19.4. The zero-order chi connectivity index (χ0) is 22.7. The molecule has 4 rings (SSSR count). The van der Waals surface area contributed by atoms with E-state index in [0.717, 1.165) is 5.56 Å². The Kier molecular flexibility index (Phi) is 7.06. The molecule has 0 aliphatic carbocycles. The van der Waals surface area contributed by atoms with Crippen LogP contribution in [0.3, 0.4) is 0 Å². The van der Waals surface area contributed by atoms with Crippen LogP contribution in [0.15, 0.2) is 76.7 Å². The van der Waals surface area contributed by atoms with Gasteiger partial charge in [0.15, 0.2) is 5.16 Å². The van der Waals surface area contributed by atoms with E-state index in [0.29, 0.717) is 36.8 Å². The van der Waals surface area contributed by atoms with Crippen LogP contribution in [0.25, 0.3) is 16.6 Å². The fourth-order valence-corrected chi connectivity index (χ4v) is 4.59. The number of hydrogen-bond acceptors (Lipinski definition) is 4. The Morgan fingerprint density at radius 3 is 2.53 bits per heavy atom. The number of thioether (sulfide) groups is 1. The second-order valence-corrected chi connectivity index (χ2v) is 9.06. The van der Waals surface area contributed by atoms with Crippen LogP contribution in [0, 0.1) is 0 Å². The summed E-state index contributed by atoms with van der Waals surface area (Å²) in [5.74, 6) is -0.155. The van der Waals surface area contributed by atoms with Gasteiger partial charge in [0.25, 0.3) is 5.56 Å². The number of aromatic nitrogens is 2. The van der Waals surface area contributed by atoms with Gasteiger partial charge in [0, 0.05) is 21.6 Å². The summed E-state index contributed by atoms with van der Waals surface area (Å²) in [6.45, 7) is 0.266. The van der Waals surface area contributed by atoms with Crippen molar-refractivity contribution in [1.29, 1.82) is 0 Å². The molecule has 1 aromatic heterocycles. The SMILES string of the molecule is O=C(CSc1nc2ccccc2c(=O)n1-c1cccc(Cl)c1)NCc1ccc(Cl)cc1Cl. The fraction of sp³-hybridized carbons (Fsp3) is 0.0870. The minimum absolute atomic E-state index is 0.0660. The Labute approximate surface area is 203 Å². The second kappa shape index (κ2) is 9.96. The number of fused-ring (bicyclic) bond motifs is 1. The first-order chi connectivity index (χ1) is 15.4. The van der Waals surface area contributed by atoms with Crippen molar-refractivity contribution in [2.24, 2.45) is 0 Å². The topological polar surface area (TPSA) is 64.0 Å². The number of para-hydroxylation sites is 1. The lowest BCUT2D eigenvalue weighted by atomic mass is 10.2. The highest BCUT2D eigenvalue weighted by atomic mass is 35.5. The van der Waals surface area contributed by atoms with Crippen molar-refractivity contribution in [2.75, 3.05) is 5.75 Å². The van der Waals surface area contributed by atoms with Crippen molar-refractivity contribution in [3.05, 3.63) is 97.7 Å². The summed E-state index contributed by atoms with van der Waals surface area (Å²) in [7, 11) is 0. The van der Waals surface area contributed by atoms with Crippen LogP contribution in [-0.4, -0.2) is 21.2 Å². The van der Waals surface area contributed by atoms with Crippen molar-refractivity contribution in [3.63, 3.8) is 0 Å². The van der Waals surface area contributed by atoms with Crippen LogP contribution in [0.4, 0.5) is 0 Å².